The molecule has 3 heterocycles. The number of phenols is 1. The van der Waals surface area contributed by atoms with Crippen LogP contribution in [0.25, 0.3) is 21.8 Å². The van der Waals surface area contributed by atoms with Crippen LogP contribution in [0.3, 0.4) is 0 Å². The number of ether oxygens (including phenoxy) is 1. The van der Waals surface area contributed by atoms with Crippen molar-refractivity contribution in [1.82, 2.24) is 20.2 Å². The first-order valence-corrected chi connectivity index (χ1v) is 15.0. The summed E-state index contributed by atoms with van der Waals surface area (Å²) in [6, 6.07) is 29.3. The molecule has 2 amide bonds. The molecule has 0 saturated carbocycles. The molecule has 0 radical (unpaired) electrons. The van der Waals surface area contributed by atoms with Gasteiger partial charge in [-0.25, -0.2) is 4.79 Å². The molecule has 0 aliphatic carbocycles. The number of phenolic OH excluding ortho intramolecular Hbond substituents is 1. The summed E-state index contributed by atoms with van der Waals surface area (Å²) in [4.78, 5) is 27.5. The molecule has 2 aromatic heterocycles. The van der Waals surface area contributed by atoms with Gasteiger partial charge in [-0.1, -0.05) is 60.7 Å². The highest BCUT2D eigenvalue weighted by Crippen LogP contribution is 2.38. The molecule has 226 valence electrons. The highest BCUT2D eigenvalue weighted by Gasteiger charge is 2.33. The number of aromatic hydroxyl groups is 1. The molecule has 1 aliphatic rings. The van der Waals surface area contributed by atoms with Crippen LogP contribution in [0.15, 0.2) is 97.2 Å². The third-order valence-electron chi connectivity index (χ3n) is 8.45. The van der Waals surface area contributed by atoms with Gasteiger partial charge in [-0.3, -0.25) is 4.79 Å². The molecular weight excluding hydrogens is 566 g/mol. The summed E-state index contributed by atoms with van der Waals surface area (Å²) in [5.74, 6) is -0.0164. The van der Waals surface area contributed by atoms with Crippen LogP contribution >= 0.6 is 0 Å². The third-order valence-corrected chi connectivity index (χ3v) is 8.45. The molecule has 1 aliphatic heterocycles. The van der Waals surface area contributed by atoms with Gasteiger partial charge in [0, 0.05) is 70.9 Å². The Balaban J connectivity index is 1.15. The predicted molar refractivity (Wildman–Crippen MR) is 173 cm³/mol. The van der Waals surface area contributed by atoms with Crippen LogP contribution in [0.5, 0.6) is 5.75 Å². The van der Waals surface area contributed by atoms with E-state index in [4.69, 9.17) is 10.5 Å². The van der Waals surface area contributed by atoms with E-state index in [9.17, 15) is 14.7 Å². The van der Waals surface area contributed by atoms with Gasteiger partial charge >= 0.3 is 6.09 Å². The molecule has 6 aromatic rings. The highest BCUT2D eigenvalue weighted by molar-refractivity contribution is 6.01. The van der Waals surface area contributed by atoms with Gasteiger partial charge in [0.05, 0.1) is 12.6 Å². The van der Waals surface area contributed by atoms with Gasteiger partial charge in [0.1, 0.15) is 5.75 Å². The Morgan fingerprint density at radius 3 is 2.60 bits per heavy atom. The van der Waals surface area contributed by atoms with Crippen LogP contribution in [0.1, 0.15) is 49.9 Å². The summed E-state index contributed by atoms with van der Waals surface area (Å²) in [5.41, 5.74) is 14.0. The lowest BCUT2D eigenvalue weighted by atomic mass is 9.95. The van der Waals surface area contributed by atoms with E-state index in [1.54, 1.807) is 18.2 Å². The van der Waals surface area contributed by atoms with Crippen LogP contribution in [0, 0.1) is 0 Å². The van der Waals surface area contributed by atoms with Crippen molar-refractivity contribution in [3.63, 3.8) is 0 Å². The number of nitrogens with one attached hydrogen (secondary N) is 3. The van der Waals surface area contributed by atoms with Crippen molar-refractivity contribution in [1.29, 1.82) is 0 Å². The summed E-state index contributed by atoms with van der Waals surface area (Å²) in [5, 5.41) is 19.1. The predicted octanol–water partition coefficient (Wildman–Crippen LogP) is 5.64. The minimum atomic E-state index is -0.771. The Morgan fingerprint density at radius 2 is 1.76 bits per heavy atom. The number of hydrogen-bond donors (Lipinski definition) is 5. The Morgan fingerprint density at radius 1 is 0.933 bits per heavy atom. The smallest absolute Gasteiger partial charge is 0.404 e. The molecule has 4 aromatic carbocycles. The number of nitrogens with zero attached hydrogens (tertiary/aromatic N) is 1. The Kier molecular flexibility index (Phi) is 7.44. The quantitative estimate of drug-likeness (QED) is 0.139. The van der Waals surface area contributed by atoms with Crippen LogP contribution in [0.2, 0.25) is 0 Å². The van der Waals surface area contributed by atoms with E-state index in [0.717, 1.165) is 49.8 Å². The van der Waals surface area contributed by atoms with Gasteiger partial charge < -0.3 is 35.8 Å². The van der Waals surface area contributed by atoms with E-state index < -0.39 is 6.09 Å². The minimum Gasteiger partial charge on any atom is -0.508 e. The highest BCUT2D eigenvalue weighted by atomic mass is 16.5. The van der Waals surface area contributed by atoms with Crippen LogP contribution in [-0.2, 0) is 30.8 Å². The first-order valence-electron chi connectivity index (χ1n) is 15.0. The standard InChI is InChI=1S/C36H33N5O4/c37-36(44)45-15-14-24-21-41(20-22-6-2-1-3-7-22)32-16-23(10-12-26(24)32)18-38-19-31-33(28-8-4-5-9-30(28)39-31)34-29-17-25(42)11-13-27(29)35(43)40-34/h1-13,16-17,21,34,38-39,42H,14-15,18-20H2,(H2,37,44)(H,40,43). The molecule has 0 fully saturated rings. The number of para-hydroxylation sites is 1. The van der Waals surface area contributed by atoms with Crippen molar-refractivity contribution < 1.29 is 19.4 Å². The lowest BCUT2D eigenvalue weighted by Crippen LogP contribution is -2.22. The summed E-state index contributed by atoms with van der Waals surface area (Å²) >= 11 is 0. The number of hydrogen-bond acceptors (Lipinski definition) is 5. The Labute approximate surface area is 259 Å². The number of carbonyl (C=O) groups is 2. The number of primary amides is 1. The van der Waals surface area contributed by atoms with E-state index >= 15 is 0 Å². The zero-order valence-electron chi connectivity index (χ0n) is 24.5. The molecule has 1 atom stereocenters. The van der Waals surface area contributed by atoms with Gasteiger partial charge in [-0.2, -0.15) is 0 Å². The van der Waals surface area contributed by atoms with Crippen molar-refractivity contribution in [3.8, 4) is 5.75 Å². The van der Waals surface area contributed by atoms with Gasteiger partial charge in [0.2, 0.25) is 0 Å². The van der Waals surface area contributed by atoms with Crippen molar-refractivity contribution in [2.75, 3.05) is 6.61 Å². The van der Waals surface area contributed by atoms with E-state index in [1.807, 2.05) is 36.4 Å². The molecular formula is C36H33N5O4. The number of carbonyl (C=O) groups excluding carboxylic acids is 2. The number of H-pyrrole nitrogens is 1. The fraction of sp³-hybridized carbons (Fsp3) is 0.167. The van der Waals surface area contributed by atoms with Gasteiger partial charge in [0.25, 0.3) is 5.91 Å². The summed E-state index contributed by atoms with van der Waals surface area (Å²) in [6.45, 7) is 2.11. The molecule has 9 nitrogen and oxygen atoms in total. The van der Waals surface area contributed by atoms with E-state index in [-0.39, 0.29) is 24.3 Å². The first-order chi connectivity index (χ1) is 21.9. The first kappa shape index (κ1) is 28.2. The van der Waals surface area contributed by atoms with Crippen molar-refractivity contribution in [3.05, 3.63) is 136 Å². The molecule has 0 bridgehead atoms. The maximum absolute atomic E-state index is 12.8. The number of nitrogens with two attached hydrogens (primary N) is 1. The van der Waals surface area contributed by atoms with E-state index in [2.05, 4.69) is 62.8 Å². The second kappa shape index (κ2) is 11.9. The van der Waals surface area contributed by atoms with Crippen molar-refractivity contribution >= 4 is 33.8 Å². The SMILES string of the molecule is NC(=O)OCCc1cn(Cc2ccccc2)c2cc(CNCc3[nH]c4ccccc4c3C3NC(=O)c4ccc(O)cc43)ccc12. The average Bonchev–Trinajstić information content (AvgIpc) is 3.68. The van der Waals surface area contributed by atoms with Crippen LogP contribution in [0.4, 0.5) is 4.79 Å². The lowest BCUT2D eigenvalue weighted by molar-refractivity contribution is 0.0960. The molecule has 9 heteroatoms. The molecule has 45 heavy (non-hydrogen) atoms. The van der Waals surface area contributed by atoms with Crippen LogP contribution in [-0.4, -0.2) is 33.3 Å². The normalized spacial score (nSPS) is 14.1. The third kappa shape index (κ3) is 5.61. The second-order valence-corrected chi connectivity index (χ2v) is 11.4. The second-order valence-electron chi connectivity index (χ2n) is 11.4. The fourth-order valence-corrected chi connectivity index (χ4v) is 6.43. The number of rotatable bonds is 10. The molecule has 0 saturated heterocycles. The molecule has 6 N–H and O–H groups in total. The maximum Gasteiger partial charge on any atom is 0.404 e. The van der Waals surface area contributed by atoms with Gasteiger partial charge in [-0.15, -0.1) is 0 Å². The summed E-state index contributed by atoms with van der Waals surface area (Å²) in [6.07, 6.45) is 1.93. The fourth-order valence-electron chi connectivity index (χ4n) is 6.43. The number of benzene rings is 4. The number of aromatic amines is 1. The number of amides is 2. The number of aromatic nitrogens is 2. The monoisotopic (exact) mass is 599 g/mol. The van der Waals surface area contributed by atoms with E-state index in [1.165, 1.54) is 5.56 Å². The zero-order chi connectivity index (χ0) is 30.9. The average molecular weight is 600 g/mol. The number of fused-ring (bicyclic) bond motifs is 3. The zero-order valence-corrected chi connectivity index (χ0v) is 24.5. The van der Waals surface area contributed by atoms with Gasteiger partial charge in [0.15, 0.2) is 0 Å². The topological polar surface area (TPSA) is 134 Å². The van der Waals surface area contributed by atoms with Gasteiger partial charge in [-0.05, 0) is 52.6 Å². The Bertz CT molecular complexity index is 2050. The maximum atomic E-state index is 12.8. The van der Waals surface area contributed by atoms with Crippen molar-refractivity contribution in [2.45, 2.75) is 32.1 Å². The lowest BCUT2D eigenvalue weighted by Gasteiger charge is -2.15. The molecule has 0 spiro atoms. The van der Waals surface area contributed by atoms with Crippen molar-refractivity contribution in [2.24, 2.45) is 5.73 Å². The largest absolute Gasteiger partial charge is 0.508 e. The summed E-state index contributed by atoms with van der Waals surface area (Å²) < 4.78 is 7.26. The minimum absolute atomic E-state index is 0.130. The summed E-state index contributed by atoms with van der Waals surface area (Å²) in [7, 11) is 0. The Hall–Kier alpha value is -5.54. The molecule has 1 unspecified atom stereocenters. The van der Waals surface area contributed by atoms with E-state index in [0.29, 0.717) is 31.6 Å². The van der Waals surface area contributed by atoms with Crippen LogP contribution < -0.4 is 16.4 Å². The molecule has 7 rings (SSSR count).